The lowest BCUT2D eigenvalue weighted by atomic mass is 10.0. The molecular formula is C28H30Br2N2O3. The number of carbonyl (C=O) groups excluding carboxylic acids is 2. The Kier molecular flexibility index (Phi) is 9.93. The van der Waals surface area contributed by atoms with E-state index in [4.69, 9.17) is 4.74 Å². The van der Waals surface area contributed by atoms with Gasteiger partial charge in [-0.05, 0) is 67.8 Å². The molecule has 0 aliphatic carbocycles. The lowest BCUT2D eigenvalue weighted by Gasteiger charge is -2.32. The number of nitrogens with zero attached hydrogens (tertiary/aromatic N) is 1. The van der Waals surface area contributed by atoms with Crippen LogP contribution < -0.4 is 10.1 Å². The second-order valence-corrected chi connectivity index (χ2v) is 10.5. The maximum atomic E-state index is 13.6. The zero-order valence-corrected chi connectivity index (χ0v) is 23.3. The number of nitrogens with one attached hydrogen (secondary N) is 1. The van der Waals surface area contributed by atoms with Gasteiger partial charge in [-0.15, -0.1) is 0 Å². The predicted molar refractivity (Wildman–Crippen MR) is 146 cm³/mol. The molecule has 3 rings (SSSR count). The quantitative estimate of drug-likeness (QED) is 0.307. The Labute approximate surface area is 224 Å². The van der Waals surface area contributed by atoms with E-state index < -0.39 is 6.04 Å². The van der Waals surface area contributed by atoms with Crippen LogP contribution >= 0.6 is 31.9 Å². The van der Waals surface area contributed by atoms with Gasteiger partial charge in [0.2, 0.25) is 5.91 Å². The number of carbonyl (C=O) groups is 2. The monoisotopic (exact) mass is 600 g/mol. The van der Waals surface area contributed by atoms with Crippen LogP contribution in [0.4, 0.5) is 0 Å². The van der Waals surface area contributed by atoms with Gasteiger partial charge in [0.1, 0.15) is 11.8 Å². The summed E-state index contributed by atoms with van der Waals surface area (Å²) in [5.74, 6) is 0.163. The molecule has 0 aliphatic rings. The molecule has 0 aliphatic heterocycles. The van der Waals surface area contributed by atoms with Crippen LogP contribution in [0.2, 0.25) is 0 Å². The molecule has 0 heterocycles. The summed E-state index contributed by atoms with van der Waals surface area (Å²) in [6.07, 6.45) is 0.402. The van der Waals surface area contributed by atoms with E-state index in [9.17, 15) is 9.59 Å². The van der Waals surface area contributed by atoms with Crippen LogP contribution in [-0.2, 0) is 22.6 Å². The van der Waals surface area contributed by atoms with Crippen molar-refractivity contribution >= 4 is 43.7 Å². The molecule has 2 amide bonds. The molecule has 0 fully saturated rings. The summed E-state index contributed by atoms with van der Waals surface area (Å²) in [6.45, 7) is 5.91. The Bertz CT molecular complexity index is 1130. The van der Waals surface area contributed by atoms with Crippen molar-refractivity contribution in [3.63, 3.8) is 0 Å². The third-order valence-electron chi connectivity index (χ3n) is 5.46. The molecular weight excluding hydrogens is 572 g/mol. The average Bonchev–Trinajstić information content (AvgIpc) is 2.83. The average molecular weight is 602 g/mol. The molecule has 1 atom stereocenters. The molecule has 184 valence electrons. The molecule has 3 aromatic carbocycles. The van der Waals surface area contributed by atoms with E-state index in [1.54, 1.807) is 4.90 Å². The molecule has 0 aromatic heterocycles. The Morgan fingerprint density at radius 1 is 0.943 bits per heavy atom. The first-order valence-electron chi connectivity index (χ1n) is 11.5. The maximum Gasteiger partial charge on any atom is 0.261 e. The van der Waals surface area contributed by atoms with Gasteiger partial charge in [-0.25, -0.2) is 0 Å². The van der Waals surface area contributed by atoms with Gasteiger partial charge in [0.15, 0.2) is 6.61 Å². The highest BCUT2D eigenvalue weighted by Crippen LogP contribution is 2.22. The van der Waals surface area contributed by atoms with Crippen molar-refractivity contribution in [2.75, 3.05) is 6.61 Å². The van der Waals surface area contributed by atoms with Gasteiger partial charge < -0.3 is 15.0 Å². The molecule has 3 aromatic rings. The summed E-state index contributed by atoms with van der Waals surface area (Å²) in [6, 6.07) is 22.4. The molecule has 0 saturated heterocycles. The number of benzene rings is 3. The molecule has 0 saturated carbocycles. The molecule has 5 nitrogen and oxygen atoms in total. The van der Waals surface area contributed by atoms with Gasteiger partial charge in [-0.2, -0.15) is 0 Å². The highest BCUT2D eigenvalue weighted by atomic mass is 79.9. The minimum Gasteiger partial charge on any atom is -0.484 e. The van der Waals surface area contributed by atoms with Crippen molar-refractivity contribution in [1.29, 1.82) is 0 Å². The Balaban J connectivity index is 1.90. The summed E-state index contributed by atoms with van der Waals surface area (Å²) >= 11 is 6.94. The molecule has 0 bridgehead atoms. The van der Waals surface area contributed by atoms with Crippen molar-refractivity contribution in [1.82, 2.24) is 10.2 Å². The van der Waals surface area contributed by atoms with Crippen molar-refractivity contribution in [3.8, 4) is 5.75 Å². The van der Waals surface area contributed by atoms with Crippen LogP contribution in [0.15, 0.2) is 81.7 Å². The minimum atomic E-state index is -0.689. The molecule has 0 radical (unpaired) electrons. The van der Waals surface area contributed by atoms with Gasteiger partial charge in [0, 0.05) is 28.0 Å². The molecule has 7 heteroatoms. The van der Waals surface area contributed by atoms with E-state index in [1.165, 1.54) is 0 Å². The number of amides is 2. The topological polar surface area (TPSA) is 58.6 Å². The van der Waals surface area contributed by atoms with Gasteiger partial charge >= 0.3 is 0 Å². The second-order valence-electron chi connectivity index (χ2n) is 8.72. The summed E-state index contributed by atoms with van der Waals surface area (Å²) in [4.78, 5) is 28.5. The zero-order chi connectivity index (χ0) is 25.4. The second kappa shape index (κ2) is 12.9. The fourth-order valence-electron chi connectivity index (χ4n) is 3.66. The van der Waals surface area contributed by atoms with Gasteiger partial charge in [0.25, 0.3) is 5.91 Å². The fraction of sp³-hybridized carbons (Fsp3) is 0.286. The first kappa shape index (κ1) is 27.0. The van der Waals surface area contributed by atoms with E-state index in [0.717, 1.165) is 25.6 Å². The first-order chi connectivity index (χ1) is 16.7. The summed E-state index contributed by atoms with van der Waals surface area (Å²) in [5, 5.41) is 2.99. The van der Waals surface area contributed by atoms with Gasteiger partial charge in [0.05, 0.1) is 0 Å². The maximum absolute atomic E-state index is 13.6. The molecule has 0 spiro atoms. The van der Waals surface area contributed by atoms with Crippen LogP contribution in [0.25, 0.3) is 0 Å². The van der Waals surface area contributed by atoms with Gasteiger partial charge in [-0.3, -0.25) is 9.59 Å². The highest BCUT2D eigenvalue weighted by Gasteiger charge is 2.31. The fourth-order valence-corrected chi connectivity index (χ4v) is 4.17. The SMILES string of the molecule is Cc1cc(OCC(=O)N(Cc2ccc(Br)cc2)C(Cc2ccccc2)C(=O)NC(C)C)ccc1Br. The van der Waals surface area contributed by atoms with Crippen LogP contribution in [0, 0.1) is 6.92 Å². The van der Waals surface area contributed by atoms with Crippen molar-refractivity contribution in [3.05, 3.63) is 98.4 Å². The Hall–Kier alpha value is -2.64. The summed E-state index contributed by atoms with van der Waals surface area (Å²) < 4.78 is 7.78. The van der Waals surface area contributed by atoms with Crippen LogP contribution in [0.1, 0.15) is 30.5 Å². The number of hydrogen-bond donors (Lipinski definition) is 1. The van der Waals surface area contributed by atoms with Crippen molar-refractivity contribution < 1.29 is 14.3 Å². The van der Waals surface area contributed by atoms with Crippen LogP contribution in [0.5, 0.6) is 5.75 Å². The minimum absolute atomic E-state index is 0.0487. The molecule has 35 heavy (non-hydrogen) atoms. The Morgan fingerprint density at radius 3 is 2.26 bits per heavy atom. The van der Waals surface area contributed by atoms with E-state index in [-0.39, 0.29) is 31.0 Å². The number of halogens is 2. The molecule has 1 N–H and O–H groups in total. The number of ether oxygens (including phenoxy) is 1. The third-order valence-corrected chi connectivity index (χ3v) is 6.88. The zero-order valence-electron chi connectivity index (χ0n) is 20.1. The van der Waals surface area contributed by atoms with Crippen LogP contribution in [0.3, 0.4) is 0 Å². The third kappa shape index (κ3) is 8.22. The molecule has 1 unspecified atom stereocenters. The van der Waals surface area contributed by atoms with E-state index in [0.29, 0.717) is 12.2 Å². The normalized spacial score (nSPS) is 11.7. The predicted octanol–water partition coefficient (Wildman–Crippen LogP) is 6.06. The summed E-state index contributed by atoms with van der Waals surface area (Å²) in [5.41, 5.74) is 2.92. The van der Waals surface area contributed by atoms with Crippen molar-refractivity contribution in [2.24, 2.45) is 0 Å². The number of rotatable bonds is 10. The van der Waals surface area contributed by atoms with Crippen LogP contribution in [-0.4, -0.2) is 35.4 Å². The smallest absolute Gasteiger partial charge is 0.261 e. The lowest BCUT2D eigenvalue weighted by molar-refractivity contribution is -0.143. The lowest BCUT2D eigenvalue weighted by Crippen LogP contribution is -2.52. The largest absolute Gasteiger partial charge is 0.484 e. The van der Waals surface area contributed by atoms with Crippen molar-refractivity contribution in [2.45, 2.75) is 45.8 Å². The van der Waals surface area contributed by atoms with Gasteiger partial charge in [-0.1, -0.05) is 74.3 Å². The summed E-state index contributed by atoms with van der Waals surface area (Å²) in [7, 11) is 0. The van der Waals surface area contributed by atoms with E-state index in [2.05, 4.69) is 37.2 Å². The Morgan fingerprint density at radius 2 is 1.63 bits per heavy atom. The van der Waals surface area contributed by atoms with E-state index >= 15 is 0 Å². The highest BCUT2D eigenvalue weighted by molar-refractivity contribution is 9.10. The number of hydrogen-bond acceptors (Lipinski definition) is 3. The first-order valence-corrected chi connectivity index (χ1v) is 13.1. The number of aryl methyl sites for hydroxylation is 1. The van der Waals surface area contributed by atoms with E-state index in [1.807, 2.05) is 93.6 Å². The standard InChI is InChI=1S/C28H30Br2N2O3/c1-19(2)31-28(34)26(16-21-7-5-4-6-8-21)32(17-22-9-11-23(29)12-10-22)27(33)18-35-24-13-14-25(30)20(3)15-24/h4-15,19,26H,16-18H2,1-3H3,(H,31,34).